The summed E-state index contributed by atoms with van der Waals surface area (Å²) in [4.78, 5) is 39.1. The molecule has 2 aromatic carbocycles. The number of amides is 3. The van der Waals surface area contributed by atoms with E-state index in [0.29, 0.717) is 42.3 Å². The van der Waals surface area contributed by atoms with Crippen molar-refractivity contribution in [3.63, 3.8) is 0 Å². The largest absolute Gasteiger partial charge is 0.491 e. The molecule has 44 heavy (non-hydrogen) atoms. The molecule has 7 rings (SSSR count). The average Bonchev–Trinajstić information content (AvgIpc) is 3.82. The van der Waals surface area contributed by atoms with Gasteiger partial charge in [0.2, 0.25) is 0 Å². The summed E-state index contributed by atoms with van der Waals surface area (Å²) in [5.41, 5.74) is 6.20. The van der Waals surface area contributed by atoms with Crippen molar-refractivity contribution in [2.24, 2.45) is 0 Å². The van der Waals surface area contributed by atoms with Crippen molar-refractivity contribution in [1.82, 2.24) is 19.8 Å². The van der Waals surface area contributed by atoms with Gasteiger partial charge in [0.1, 0.15) is 29.4 Å². The van der Waals surface area contributed by atoms with Gasteiger partial charge in [0.25, 0.3) is 5.91 Å². The summed E-state index contributed by atoms with van der Waals surface area (Å²) in [5.74, 6) is -0.458. The van der Waals surface area contributed by atoms with Gasteiger partial charge in [-0.1, -0.05) is 18.2 Å². The molecule has 2 N–H and O–H groups in total. The minimum absolute atomic E-state index is 0.0130. The Morgan fingerprint density at radius 1 is 1.16 bits per heavy atom. The van der Waals surface area contributed by atoms with Crippen LogP contribution < -0.4 is 9.64 Å². The molecule has 1 saturated carbocycles. The van der Waals surface area contributed by atoms with Crippen LogP contribution in [-0.2, 0) is 6.61 Å². The van der Waals surface area contributed by atoms with E-state index in [4.69, 9.17) is 4.74 Å². The van der Waals surface area contributed by atoms with Crippen LogP contribution in [0, 0.1) is 5.82 Å². The predicted molar refractivity (Wildman–Crippen MR) is 166 cm³/mol. The number of carbonyl (C=O) groups excluding carboxylic acids is 2. The zero-order valence-corrected chi connectivity index (χ0v) is 24.8. The summed E-state index contributed by atoms with van der Waals surface area (Å²) < 4.78 is 21.3. The number of halogens is 1. The fourth-order valence-corrected chi connectivity index (χ4v) is 6.34. The first kappa shape index (κ1) is 28.1. The summed E-state index contributed by atoms with van der Waals surface area (Å²) in [6.45, 7) is 1.23. The molecule has 1 aliphatic carbocycles. The maximum atomic E-state index is 15.4. The van der Waals surface area contributed by atoms with Gasteiger partial charge in [0, 0.05) is 50.0 Å². The first-order chi connectivity index (χ1) is 21.3. The number of urea groups is 1. The Labute approximate surface area is 254 Å². The summed E-state index contributed by atoms with van der Waals surface area (Å²) in [7, 11) is 3.50. The molecular weight excluding hydrogens is 561 g/mol. The number of rotatable bonds is 5. The Morgan fingerprint density at radius 3 is 2.73 bits per heavy atom. The van der Waals surface area contributed by atoms with Crippen LogP contribution in [0.2, 0.25) is 0 Å². The van der Waals surface area contributed by atoms with Gasteiger partial charge in [-0.25, -0.2) is 14.2 Å². The van der Waals surface area contributed by atoms with Gasteiger partial charge in [-0.3, -0.25) is 4.79 Å². The number of nitrogens with one attached hydrogen (secondary N) is 1. The summed E-state index contributed by atoms with van der Waals surface area (Å²) in [6, 6.07) is 12.7. The first-order valence-corrected chi connectivity index (χ1v) is 15.0. The molecule has 1 fully saturated rings. The molecule has 3 aliphatic rings. The minimum Gasteiger partial charge on any atom is -0.491 e. The van der Waals surface area contributed by atoms with Crippen molar-refractivity contribution >= 4 is 34.2 Å². The van der Waals surface area contributed by atoms with Gasteiger partial charge in [-0.05, 0) is 77.8 Å². The van der Waals surface area contributed by atoms with E-state index in [-0.39, 0.29) is 37.1 Å². The molecule has 4 aromatic rings. The zero-order chi connectivity index (χ0) is 30.5. The molecule has 0 saturated heterocycles. The van der Waals surface area contributed by atoms with Crippen molar-refractivity contribution in [2.75, 3.05) is 45.2 Å². The van der Waals surface area contributed by atoms with E-state index >= 15 is 4.39 Å². The molecule has 10 heteroatoms. The molecule has 0 radical (unpaired) electrons. The third kappa shape index (κ3) is 4.89. The van der Waals surface area contributed by atoms with Gasteiger partial charge >= 0.3 is 6.03 Å². The lowest BCUT2D eigenvalue weighted by molar-refractivity contribution is 0.0985. The van der Waals surface area contributed by atoms with Crippen LogP contribution in [0.25, 0.3) is 27.7 Å². The molecule has 2 aliphatic heterocycles. The maximum Gasteiger partial charge on any atom is 0.319 e. The topological polar surface area (TPSA) is 102 Å². The number of fused-ring (bicyclic) bond motifs is 2. The van der Waals surface area contributed by atoms with E-state index in [1.165, 1.54) is 11.0 Å². The van der Waals surface area contributed by atoms with Gasteiger partial charge in [0.05, 0.1) is 18.8 Å². The van der Waals surface area contributed by atoms with Gasteiger partial charge in [0.15, 0.2) is 0 Å². The zero-order valence-electron chi connectivity index (χ0n) is 24.8. The summed E-state index contributed by atoms with van der Waals surface area (Å²) in [6.07, 6.45) is 6.52. The molecule has 0 atom stereocenters. The standard InChI is InChI=1S/C34H34FN5O4/c1-38(2)34(43)39-12-9-21(10-13-39)28-18-25-24(8-11-36-32(25)37-28)23-4-3-5-29(26(23)19-41)40-14-15-44-30-17-22(20-6-7-20)16-27(35)31(30)33(40)42/h3-5,8-9,11,16-18,20,41H,6-7,10,12-15,19H2,1-2H3,(H,36,37). The number of nitrogens with zero attached hydrogens (tertiary/aromatic N) is 4. The number of anilines is 1. The fourth-order valence-electron chi connectivity index (χ4n) is 6.34. The molecular formula is C34H34FN5O4. The van der Waals surface area contributed by atoms with Crippen LogP contribution in [0.1, 0.15) is 52.4 Å². The van der Waals surface area contributed by atoms with E-state index in [2.05, 4.69) is 22.1 Å². The van der Waals surface area contributed by atoms with Crippen LogP contribution in [0.4, 0.5) is 14.9 Å². The number of aromatic nitrogens is 2. The van der Waals surface area contributed by atoms with Crippen LogP contribution in [-0.4, -0.2) is 77.1 Å². The van der Waals surface area contributed by atoms with Gasteiger partial charge < -0.3 is 29.5 Å². The van der Waals surface area contributed by atoms with Crippen molar-refractivity contribution < 1.29 is 23.8 Å². The number of hydrogen-bond donors (Lipinski definition) is 2. The molecule has 0 unspecified atom stereocenters. The highest BCUT2D eigenvalue weighted by Gasteiger charge is 2.33. The molecule has 226 valence electrons. The normalized spacial score (nSPS) is 16.8. The Morgan fingerprint density at radius 2 is 2.00 bits per heavy atom. The van der Waals surface area contributed by atoms with E-state index in [1.807, 2.05) is 18.2 Å². The second-order valence-corrected chi connectivity index (χ2v) is 11.8. The third-order valence-electron chi connectivity index (χ3n) is 8.79. The number of pyridine rings is 1. The minimum atomic E-state index is -0.579. The Kier molecular flexibility index (Phi) is 7.08. The van der Waals surface area contributed by atoms with E-state index in [0.717, 1.165) is 46.2 Å². The molecule has 3 amide bonds. The monoisotopic (exact) mass is 595 g/mol. The lowest BCUT2D eigenvalue weighted by Gasteiger charge is -2.28. The maximum absolute atomic E-state index is 15.4. The lowest BCUT2D eigenvalue weighted by Crippen LogP contribution is -2.41. The number of ether oxygens (including phenoxy) is 1. The number of carbonyl (C=O) groups is 2. The van der Waals surface area contributed by atoms with E-state index < -0.39 is 11.7 Å². The fraction of sp³-hybridized carbons (Fsp3) is 0.324. The van der Waals surface area contributed by atoms with Gasteiger partial charge in [-0.15, -0.1) is 0 Å². The molecule has 0 bridgehead atoms. The highest BCUT2D eigenvalue weighted by molar-refractivity contribution is 6.09. The number of aromatic amines is 1. The molecule has 9 nitrogen and oxygen atoms in total. The summed E-state index contributed by atoms with van der Waals surface area (Å²) >= 11 is 0. The predicted octanol–water partition coefficient (Wildman–Crippen LogP) is 5.55. The Bertz CT molecular complexity index is 1830. The van der Waals surface area contributed by atoms with Crippen molar-refractivity contribution in [3.05, 3.63) is 82.9 Å². The molecule has 0 spiro atoms. The highest BCUT2D eigenvalue weighted by atomic mass is 19.1. The van der Waals surface area contributed by atoms with E-state index in [1.54, 1.807) is 42.2 Å². The van der Waals surface area contributed by atoms with Crippen LogP contribution in [0.3, 0.4) is 0 Å². The number of benzene rings is 2. The number of H-pyrrole nitrogens is 1. The SMILES string of the molecule is CN(C)C(=O)N1CC=C(c2cc3c(-c4cccc(N5CCOc6cc(C7CC7)cc(F)c6C5=O)c4CO)ccnc3[nH]2)CC1. The van der Waals surface area contributed by atoms with Crippen LogP contribution in [0.15, 0.2) is 54.7 Å². The van der Waals surface area contributed by atoms with Crippen molar-refractivity contribution in [1.29, 1.82) is 0 Å². The summed E-state index contributed by atoms with van der Waals surface area (Å²) in [5, 5.41) is 11.6. The quantitative estimate of drug-likeness (QED) is 0.315. The van der Waals surface area contributed by atoms with Gasteiger partial charge in [-0.2, -0.15) is 0 Å². The number of aliphatic hydroxyl groups excluding tert-OH is 1. The first-order valence-electron chi connectivity index (χ1n) is 15.0. The number of aliphatic hydroxyl groups is 1. The third-order valence-corrected chi connectivity index (χ3v) is 8.79. The van der Waals surface area contributed by atoms with Crippen molar-refractivity contribution in [2.45, 2.75) is 31.8 Å². The van der Waals surface area contributed by atoms with Crippen LogP contribution in [0.5, 0.6) is 5.75 Å². The number of hydrogen-bond acceptors (Lipinski definition) is 5. The highest BCUT2D eigenvalue weighted by Crippen LogP contribution is 2.43. The lowest BCUT2D eigenvalue weighted by atomic mass is 9.95. The molecule has 2 aromatic heterocycles. The Hall–Kier alpha value is -4.70. The molecule has 4 heterocycles. The second-order valence-electron chi connectivity index (χ2n) is 11.8. The van der Waals surface area contributed by atoms with Crippen molar-refractivity contribution in [3.8, 4) is 16.9 Å². The van der Waals surface area contributed by atoms with E-state index in [9.17, 15) is 14.7 Å². The second kappa shape index (κ2) is 11.1. The Balaban J connectivity index is 1.24. The van der Waals surface area contributed by atoms with Crippen LogP contribution >= 0.6 is 0 Å². The average molecular weight is 596 g/mol. The smallest absolute Gasteiger partial charge is 0.319 e.